The molecule has 5 nitrogen and oxygen atoms in total. The molecule has 23 heavy (non-hydrogen) atoms. The predicted octanol–water partition coefficient (Wildman–Crippen LogP) is 3.13. The second kappa shape index (κ2) is 6.81. The van der Waals surface area contributed by atoms with Crippen molar-refractivity contribution in [3.63, 3.8) is 0 Å². The first kappa shape index (κ1) is 16.1. The number of hydrogen-bond donors (Lipinski definition) is 0. The van der Waals surface area contributed by atoms with E-state index in [0.717, 1.165) is 12.8 Å². The lowest BCUT2D eigenvalue weighted by molar-refractivity contribution is 0.170. The summed E-state index contributed by atoms with van der Waals surface area (Å²) in [5, 5.41) is 0.928. The van der Waals surface area contributed by atoms with Crippen LogP contribution in [0.1, 0.15) is 12.8 Å². The van der Waals surface area contributed by atoms with Gasteiger partial charge in [-0.1, -0.05) is 35.3 Å². The van der Waals surface area contributed by atoms with E-state index in [4.69, 9.17) is 27.9 Å². The van der Waals surface area contributed by atoms with Crippen molar-refractivity contribution in [2.24, 2.45) is 7.05 Å². The monoisotopic (exact) mass is 353 g/mol. The first-order chi connectivity index (χ1) is 11.0. The molecule has 2 heterocycles. The highest BCUT2D eigenvalue weighted by Crippen LogP contribution is 2.27. The van der Waals surface area contributed by atoms with Gasteiger partial charge in [0, 0.05) is 39.2 Å². The van der Waals surface area contributed by atoms with Crippen LogP contribution >= 0.6 is 23.2 Å². The normalized spacial score (nSPS) is 15.7. The highest BCUT2D eigenvalue weighted by Gasteiger charge is 2.24. The molecule has 0 amide bonds. The number of benzene rings is 1. The van der Waals surface area contributed by atoms with Crippen molar-refractivity contribution in [2.75, 3.05) is 18.0 Å². The third-order valence-electron chi connectivity index (χ3n) is 3.90. The standard InChI is InChI=1S/C16H17Cl2N3O2/c1-20-10-14(18)19-15(16(20)22)21-8-6-11(7-9-21)23-13-5-3-2-4-12(13)17/h2-5,10-11H,6-9H2,1H3. The molecule has 1 saturated heterocycles. The zero-order chi connectivity index (χ0) is 16.4. The van der Waals surface area contributed by atoms with E-state index < -0.39 is 0 Å². The Morgan fingerprint density at radius 2 is 1.91 bits per heavy atom. The maximum Gasteiger partial charge on any atom is 0.293 e. The van der Waals surface area contributed by atoms with Crippen LogP contribution in [-0.4, -0.2) is 28.7 Å². The first-order valence-corrected chi connectivity index (χ1v) is 8.19. The van der Waals surface area contributed by atoms with Gasteiger partial charge in [0.1, 0.15) is 17.0 Å². The minimum absolute atomic E-state index is 0.0780. The van der Waals surface area contributed by atoms with Crippen LogP contribution in [0.3, 0.4) is 0 Å². The van der Waals surface area contributed by atoms with E-state index >= 15 is 0 Å². The zero-order valence-electron chi connectivity index (χ0n) is 12.7. The van der Waals surface area contributed by atoms with Crippen LogP contribution in [0.5, 0.6) is 5.75 Å². The Bertz CT molecular complexity index is 755. The number of anilines is 1. The van der Waals surface area contributed by atoms with Crippen molar-refractivity contribution in [3.8, 4) is 5.75 Å². The topological polar surface area (TPSA) is 47.4 Å². The summed E-state index contributed by atoms with van der Waals surface area (Å²) >= 11 is 12.1. The molecule has 0 unspecified atom stereocenters. The van der Waals surface area contributed by atoms with Gasteiger partial charge in [0.15, 0.2) is 5.82 Å². The highest BCUT2D eigenvalue weighted by atomic mass is 35.5. The molecule has 1 aromatic carbocycles. The number of piperidine rings is 1. The van der Waals surface area contributed by atoms with Gasteiger partial charge in [-0.05, 0) is 12.1 Å². The third-order valence-corrected chi connectivity index (χ3v) is 4.39. The third kappa shape index (κ3) is 3.62. The molecule has 0 N–H and O–H groups in total. The predicted molar refractivity (Wildman–Crippen MR) is 91.8 cm³/mol. The molecule has 3 rings (SSSR count). The molecular formula is C16H17Cl2N3O2. The summed E-state index contributed by atoms with van der Waals surface area (Å²) in [5.41, 5.74) is -0.139. The molecule has 0 bridgehead atoms. The highest BCUT2D eigenvalue weighted by molar-refractivity contribution is 6.32. The molecule has 2 aromatic rings. The van der Waals surface area contributed by atoms with Crippen LogP contribution in [0.2, 0.25) is 10.2 Å². The molecule has 122 valence electrons. The Kier molecular flexibility index (Phi) is 4.78. The number of aromatic nitrogens is 2. The number of hydrogen-bond acceptors (Lipinski definition) is 4. The quantitative estimate of drug-likeness (QED) is 0.850. The van der Waals surface area contributed by atoms with Gasteiger partial charge in [-0.15, -0.1) is 0 Å². The average Bonchev–Trinajstić information content (AvgIpc) is 2.54. The van der Waals surface area contributed by atoms with E-state index in [0.29, 0.717) is 34.8 Å². The SMILES string of the molecule is Cn1cc(Cl)nc(N2CCC(Oc3ccccc3Cl)CC2)c1=O. The number of para-hydroxylation sites is 1. The summed E-state index contributed by atoms with van der Waals surface area (Å²) in [6.45, 7) is 1.38. The lowest BCUT2D eigenvalue weighted by Crippen LogP contribution is -2.42. The summed E-state index contributed by atoms with van der Waals surface area (Å²) in [6.07, 6.45) is 3.18. The van der Waals surface area contributed by atoms with Gasteiger partial charge in [-0.2, -0.15) is 0 Å². The van der Waals surface area contributed by atoms with E-state index in [-0.39, 0.29) is 11.7 Å². The second-order valence-corrected chi connectivity index (χ2v) is 6.33. The Morgan fingerprint density at radius 3 is 2.61 bits per heavy atom. The maximum absolute atomic E-state index is 12.2. The van der Waals surface area contributed by atoms with Gasteiger partial charge >= 0.3 is 0 Å². The molecule has 7 heteroatoms. The molecule has 0 aliphatic carbocycles. The van der Waals surface area contributed by atoms with E-state index in [9.17, 15) is 4.79 Å². The van der Waals surface area contributed by atoms with Crippen molar-refractivity contribution in [1.82, 2.24) is 9.55 Å². The van der Waals surface area contributed by atoms with Gasteiger partial charge < -0.3 is 14.2 Å². The Morgan fingerprint density at radius 1 is 1.22 bits per heavy atom. The largest absolute Gasteiger partial charge is 0.489 e. The van der Waals surface area contributed by atoms with Crippen LogP contribution in [0.25, 0.3) is 0 Å². The Hall–Kier alpha value is -1.72. The number of halogens is 2. The molecular weight excluding hydrogens is 337 g/mol. The molecule has 1 fully saturated rings. The number of rotatable bonds is 3. The summed E-state index contributed by atoms with van der Waals surface area (Å²) in [5.74, 6) is 1.10. The van der Waals surface area contributed by atoms with Gasteiger partial charge in [-0.3, -0.25) is 4.79 Å². The summed E-state index contributed by atoms with van der Waals surface area (Å²) in [7, 11) is 1.67. The smallest absolute Gasteiger partial charge is 0.293 e. The molecule has 1 aliphatic heterocycles. The minimum Gasteiger partial charge on any atom is -0.489 e. The fourth-order valence-corrected chi connectivity index (χ4v) is 3.07. The van der Waals surface area contributed by atoms with Gasteiger partial charge in [0.05, 0.1) is 5.02 Å². The minimum atomic E-state index is -0.139. The van der Waals surface area contributed by atoms with E-state index in [1.807, 2.05) is 29.2 Å². The molecule has 0 atom stereocenters. The Balaban J connectivity index is 1.67. The van der Waals surface area contributed by atoms with E-state index in [1.165, 1.54) is 10.8 Å². The van der Waals surface area contributed by atoms with Crippen LogP contribution in [0.4, 0.5) is 5.82 Å². The fourth-order valence-electron chi connectivity index (χ4n) is 2.67. The van der Waals surface area contributed by atoms with Crippen molar-refractivity contribution >= 4 is 29.0 Å². The summed E-state index contributed by atoms with van der Waals surface area (Å²) in [6, 6.07) is 7.45. The van der Waals surface area contributed by atoms with Crippen molar-refractivity contribution in [1.29, 1.82) is 0 Å². The van der Waals surface area contributed by atoms with E-state index in [1.54, 1.807) is 7.05 Å². The van der Waals surface area contributed by atoms with E-state index in [2.05, 4.69) is 4.98 Å². The number of ether oxygens (including phenoxy) is 1. The molecule has 0 saturated carbocycles. The lowest BCUT2D eigenvalue weighted by Gasteiger charge is -2.32. The van der Waals surface area contributed by atoms with Crippen LogP contribution in [0, 0.1) is 0 Å². The number of aryl methyl sites for hydroxylation is 1. The fraction of sp³-hybridized carbons (Fsp3) is 0.375. The van der Waals surface area contributed by atoms with Crippen LogP contribution in [-0.2, 0) is 7.05 Å². The lowest BCUT2D eigenvalue weighted by atomic mass is 10.1. The molecule has 1 aliphatic rings. The average molecular weight is 354 g/mol. The maximum atomic E-state index is 12.2. The molecule has 0 radical (unpaired) electrons. The zero-order valence-corrected chi connectivity index (χ0v) is 14.2. The summed E-state index contributed by atoms with van der Waals surface area (Å²) in [4.78, 5) is 18.3. The van der Waals surface area contributed by atoms with Crippen molar-refractivity contribution in [2.45, 2.75) is 18.9 Å². The van der Waals surface area contributed by atoms with Gasteiger partial charge in [-0.25, -0.2) is 4.98 Å². The summed E-state index contributed by atoms with van der Waals surface area (Å²) < 4.78 is 7.41. The van der Waals surface area contributed by atoms with Crippen LogP contribution in [0.15, 0.2) is 35.3 Å². The number of nitrogens with zero attached hydrogens (tertiary/aromatic N) is 3. The van der Waals surface area contributed by atoms with Crippen molar-refractivity contribution in [3.05, 3.63) is 51.0 Å². The Labute approximate surface area is 144 Å². The van der Waals surface area contributed by atoms with Gasteiger partial charge in [0.25, 0.3) is 5.56 Å². The van der Waals surface area contributed by atoms with Crippen molar-refractivity contribution < 1.29 is 4.74 Å². The van der Waals surface area contributed by atoms with Gasteiger partial charge in [0.2, 0.25) is 0 Å². The second-order valence-electron chi connectivity index (χ2n) is 5.54. The van der Waals surface area contributed by atoms with Crippen LogP contribution < -0.4 is 15.2 Å². The molecule has 1 aromatic heterocycles. The first-order valence-electron chi connectivity index (χ1n) is 7.44. The molecule has 0 spiro atoms.